The lowest BCUT2D eigenvalue weighted by Gasteiger charge is -2.09. The molecule has 4 nitrogen and oxygen atoms in total. The van der Waals surface area contributed by atoms with Crippen LogP contribution >= 0.6 is 0 Å². The van der Waals surface area contributed by atoms with Gasteiger partial charge in [0.1, 0.15) is 5.75 Å². The van der Waals surface area contributed by atoms with Gasteiger partial charge in [-0.1, -0.05) is 6.92 Å². The molecule has 0 amide bonds. The Morgan fingerprint density at radius 3 is 2.67 bits per heavy atom. The molecule has 0 saturated carbocycles. The van der Waals surface area contributed by atoms with E-state index in [4.69, 9.17) is 15.2 Å². The second-order valence-electron chi connectivity index (χ2n) is 4.04. The van der Waals surface area contributed by atoms with Crippen molar-refractivity contribution in [3.05, 3.63) is 29.3 Å². The van der Waals surface area contributed by atoms with Crippen LogP contribution in [0, 0.1) is 0 Å². The largest absolute Gasteiger partial charge is 0.493 e. The summed E-state index contributed by atoms with van der Waals surface area (Å²) in [5.74, 6) is 0.804. The van der Waals surface area contributed by atoms with Gasteiger partial charge in [0.2, 0.25) is 0 Å². The lowest BCUT2D eigenvalue weighted by Crippen LogP contribution is -2.05. The number of ether oxygens (including phenoxy) is 2. The van der Waals surface area contributed by atoms with Crippen molar-refractivity contribution in [2.75, 3.05) is 20.3 Å². The van der Waals surface area contributed by atoms with Crippen LogP contribution in [0.2, 0.25) is 0 Å². The summed E-state index contributed by atoms with van der Waals surface area (Å²) >= 11 is 0. The maximum atomic E-state index is 11.7. The van der Waals surface area contributed by atoms with Crippen LogP contribution in [0.3, 0.4) is 0 Å². The minimum absolute atomic E-state index is 0.104. The third-order valence-corrected chi connectivity index (χ3v) is 2.61. The Morgan fingerprint density at radius 1 is 1.28 bits per heavy atom. The van der Waals surface area contributed by atoms with E-state index in [0.717, 1.165) is 12.0 Å². The van der Waals surface area contributed by atoms with Crippen molar-refractivity contribution < 1.29 is 14.3 Å². The van der Waals surface area contributed by atoms with Gasteiger partial charge in [0, 0.05) is 38.7 Å². The fourth-order valence-corrected chi connectivity index (χ4v) is 1.62. The van der Waals surface area contributed by atoms with Crippen molar-refractivity contribution in [3.63, 3.8) is 0 Å². The third kappa shape index (κ3) is 4.47. The van der Waals surface area contributed by atoms with Gasteiger partial charge in [-0.3, -0.25) is 4.79 Å². The van der Waals surface area contributed by atoms with Crippen LogP contribution in [0.4, 0.5) is 0 Å². The van der Waals surface area contributed by atoms with Gasteiger partial charge in [-0.15, -0.1) is 0 Å². The van der Waals surface area contributed by atoms with Gasteiger partial charge in [0.25, 0.3) is 0 Å². The SMILES string of the molecule is CCC(=O)c1cc(CN)cc(OCCCOC)c1. The molecule has 0 aromatic heterocycles. The highest BCUT2D eigenvalue weighted by atomic mass is 16.5. The predicted octanol–water partition coefficient (Wildman–Crippen LogP) is 2.15. The zero-order valence-corrected chi connectivity index (χ0v) is 11.1. The Morgan fingerprint density at radius 2 is 2.06 bits per heavy atom. The molecule has 0 bridgehead atoms. The molecule has 0 radical (unpaired) electrons. The molecule has 0 heterocycles. The maximum Gasteiger partial charge on any atom is 0.162 e. The van der Waals surface area contributed by atoms with Crippen LogP contribution in [0.15, 0.2) is 18.2 Å². The first kappa shape index (κ1) is 14.7. The Bertz CT molecular complexity index is 391. The van der Waals surface area contributed by atoms with E-state index >= 15 is 0 Å². The summed E-state index contributed by atoms with van der Waals surface area (Å²) in [5.41, 5.74) is 7.20. The molecule has 0 aliphatic heterocycles. The molecule has 0 saturated heterocycles. The molecule has 1 aromatic carbocycles. The van der Waals surface area contributed by atoms with E-state index < -0.39 is 0 Å². The van der Waals surface area contributed by atoms with Gasteiger partial charge in [-0.2, -0.15) is 0 Å². The average Bonchev–Trinajstić information content (AvgIpc) is 2.42. The smallest absolute Gasteiger partial charge is 0.162 e. The van der Waals surface area contributed by atoms with Crippen LogP contribution < -0.4 is 10.5 Å². The molecule has 0 aliphatic rings. The zero-order chi connectivity index (χ0) is 13.4. The molecule has 100 valence electrons. The molecule has 0 aliphatic carbocycles. The lowest BCUT2D eigenvalue weighted by atomic mass is 10.1. The summed E-state index contributed by atoms with van der Waals surface area (Å²) in [5, 5.41) is 0. The highest BCUT2D eigenvalue weighted by Crippen LogP contribution is 2.18. The quantitative estimate of drug-likeness (QED) is 0.568. The number of methoxy groups -OCH3 is 1. The number of Topliss-reactive ketones (excluding diaryl/α,β-unsaturated/α-hetero) is 1. The lowest BCUT2D eigenvalue weighted by molar-refractivity contribution is 0.0987. The molecule has 1 aromatic rings. The summed E-state index contributed by atoms with van der Waals surface area (Å²) < 4.78 is 10.5. The number of benzene rings is 1. The van der Waals surface area contributed by atoms with Gasteiger partial charge in [-0.05, 0) is 23.8 Å². The van der Waals surface area contributed by atoms with Crippen LogP contribution in [0.25, 0.3) is 0 Å². The topological polar surface area (TPSA) is 61.6 Å². The van der Waals surface area contributed by atoms with Crippen molar-refractivity contribution in [2.24, 2.45) is 5.73 Å². The van der Waals surface area contributed by atoms with Gasteiger partial charge < -0.3 is 15.2 Å². The zero-order valence-electron chi connectivity index (χ0n) is 11.1. The Balaban J connectivity index is 2.74. The van der Waals surface area contributed by atoms with Gasteiger partial charge in [-0.25, -0.2) is 0 Å². The van der Waals surface area contributed by atoms with Crippen molar-refractivity contribution >= 4 is 5.78 Å². The summed E-state index contributed by atoms with van der Waals surface area (Å²) in [4.78, 5) is 11.7. The minimum atomic E-state index is 0.104. The molecule has 0 fully saturated rings. The molecule has 0 unspecified atom stereocenters. The van der Waals surface area contributed by atoms with Gasteiger partial charge in [0.05, 0.1) is 6.61 Å². The standard InChI is InChI=1S/C14H21NO3/c1-3-14(16)12-7-11(10-15)8-13(9-12)18-6-4-5-17-2/h7-9H,3-6,10,15H2,1-2H3. The Labute approximate surface area is 108 Å². The van der Waals surface area contributed by atoms with Gasteiger partial charge >= 0.3 is 0 Å². The first-order valence-corrected chi connectivity index (χ1v) is 6.20. The summed E-state index contributed by atoms with van der Waals surface area (Å²) in [6.07, 6.45) is 1.30. The molecular weight excluding hydrogens is 230 g/mol. The van der Waals surface area contributed by atoms with Crippen molar-refractivity contribution in [2.45, 2.75) is 26.3 Å². The number of carbonyl (C=O) groups excluding carboxylic acids is 1. The average molecular weight is 251 g/mol. The highest BCUT2D eigenvalue weighted by Gasteiger charge is 2.07. The first-order chi connectivity index (χ1) is 8.71. The molecule has 0 atom stereocenters. The van der Waals surface area contributed by atoms with E-state index in [0.29, 0.717) is 37.5 Å². The summed E-state index contributed by atoms with van der Waals surface area (Å²) in [6.45, 7) is 3.48. The van der Waals surface area contributed by atoms with Crippen molar-refractivity contribution in [1.29, 1.82) is 0 Å². The second-order valence-corrected chi connectivity index (χ2v) is 4.04. The van der Waals surface area contributed by atoms with Crippen LogP contribution in [0.5, 0.6) is 5.75 Å². The molecular formula is C14H21NO3. The maximum absolute atomic E-state index is 11.7. The monoisotopic (exact) mass is 251 g/mol. The minimum Gasteiger partial charge on any atom is -0.493 e. The molecule has 0 spiro atoms. The van der Waals surface area contributed by atoms with E-state index in [9.17, 15) is 4.79 Å². The van der Waals surface area contributed by atoms with Gasteiger partial charge in [0.15, 0.2) is 5.78 Å². The molecule has 2 N–H and O–H groups in total. The summed E-state index contributed by atoms with van der Waals surface area (Å²) in [7, 11) is 1.66. The van der Waals surface area contributed by atoms with Crippen LogP contribution in [-0.2, 0) is 11.3 Å². The highest BCUT2D eigenvalue weighted by molar-refractivity contribution is 5.96. The van der Waals surface area contributed by atoms with E-state index in [1.807, 2.05) is 19.1 Å². The fourth-order valence-electron chi connectivity index (χ4n) is 1.62. The van der Waals surface area contributed by atoms with Crippen LogP contribution in [0.1, 0.15) is 35.7 Å². The number of nitrogens with two attached hydrogens (primary N) is 1. The number of hydrogen-bond acceptors (Lipinski definition) is 4. The number of ketones is 1. The number of carbonyl (C=O) groups is 1. The fraction of sp³-hybridized carbons (Fsp3) is 0.500. The van der Waals surface area contributed by atoms with Crippen molar-refractivity contribution in [3.8, 4) is 5.75 Å². The Hall–Kier alpha value is -1.39. The van der Waals surface area contributed by atoms with Crippen LogP contribution in [-0.4, -0.2) is 26.1 Å². The molecule has 1 rings (SSSR count). The molecule has 18 heavy (non-hydrogen) atoms. The van der Waals surface area contributed by atoms with Crippen molar-refractivity contribution in [1.82, 2.24) is 0 Å². The van der Waals surface area contributed by atoms with E-state index in [1.54, 1.807) is 13.2 Å². The third-order valence-electron chi connectivity index (χ3n) is 2.61. The first-order valence-electron chi connectivity index (χ1n) is 6.20. The Kier molecular flexibility index (Phi) is 6.39. The number of hydrogen-bond donors (Lipinski definition) is 1. The van der Waals surface area contributed by atoms with E-state index in [-0.39, 0.29) is 5.78 Å². The van der Waals surface area contributed by atoms with E-state index in [1.165, 1.54) is 0 Å². The normalized spacial score (nSPS) is 10.4. The number of rotatable bonds is 8. The molecule has 4 heteroatoms. The second kappa shape index (κ2) is 7.84. The summed E-state index contributed by atoms with van der Waals surface area (Å²) in [6, 6.07) is 5.48. The van der Waals surface area contributed by atoms with E-state index in [2.05, 4.69) is 0 Å². The predicted molar refractivity (Wildman–Crippen MR) is 70.9 cm³/mol.